The van der Waals surface area contributed by atoms with E-state index in [1.54, 1.807) is 18.2 Å². The molecule has 0 aliphatic carbocycles. The summed E-state index contributed by atoms with van der Waals surface area (Å²) in [5, 5.41) is 9.32. The minimum absolute atomic E-state index is 0.246. The van der Waals surface area contributed by atoms with Gasteiger partial charge in [-0.1, -0.05) is 0 Å². The highest BCUT2D eigenvalue weighted by atomic mass is 16.5. The molecular weight excluding hydrogens is 176 g/mol. The van der Waals surface area contributed by atoms with Crippen LogP contribution < -0.4 is 4.74 Å². The second-order valence-corrected chi connectivity index (χ2v) is 4.16. The fourth-order valence-corrected chi connectivity index (χ4v) is 1.50. The Bertz CT molecular complexity index is 403. The number of hydrogen-bond acceptors (Lipinski definition) is 2. The fourth-order valence-electron chi connectivity index (χ4n) is 1.50. The summed E-state index contributed by atoms with van der Waals surface area (Å²) < 4.78 is 5.81. The van der Waals surface area contributed by atoms with Crippen molar-refractivity contribution in [1.82, 2.24) is 0 Å². The number of phenolic OH excluding ortho intramolecular Hbond substituents is 1. The maximum Gasteiger partial charge on any atom is 0.128 e. The molecular formula is C12H14O2. The maximum atomic E-state index is 9.32. The monoisotopic (exact) mass is 190 g/mol. The Morgan fingerprint density at radius 1 is 1.29 bits per heavy atom. The third kappa shape index (κ3) is 1.37. The molecule has 2 nitrogen and oxygen atoms in total. The molecule has 1 aliphatic rings. The highest BCUT2D eigenvalue weighted by Crippen LogP contribution is 2.36. The Hall–Kier alpha value is -1.44. The zero-order valence-electron chi connectivity index (χ0n) is 8.66. The van der Waals surface area contributed by atoms with Crippen molar-refractivity contribution in [2.75, 3.05) is 0 Å². The SMILES string of the molecule is CC1=Cc2cc(O)ccc2OC1(C)C. The third-order valence-electron chi connectivity index (χ3n) is 2.68. The van der Waals surface area contributed by atoms with Crippen molar-refractivity contribution in [2.24, 2.45) is 0 Å². The number of benzene rings is 1. The van der Waals surface area contributed by atoms with Gasteiger partial charge in [0.1, 0.15) is 17.1 Å². The van der Waals surface area contributed by atoms with E-state index in [-0.39, 0.29) is 11.4 Å². The molecule has 2 rings (SSSR count). The molecule has 74 valence electrons. The van der Waals surface area contributed by atoms with Gasteiger partial charge in [0, 0.05) is 5.56 Å². The molecule has 0 amide bonds. The van der Waals surface area contributed by atoms with E-state index in [0.717, 1.165) is 16.9 Å². The van der Waals surface area contributed by atoms with Crippen molar-refractivity contribution in [1.29, 1.82) is 0 Å². The summed E-state index contributed by atoms with van der Waals surface area (Å²) in [6, 6.07) is 5.16. The normalized spacial score (nSPS) is 18.1. The van der Waals surface area contributed by atoms with Crippen LogP contribution in [0.3, 0.4) is 0 Å². The molecule has 1 N–H and O–H groups in total. The molecule has 0 fully saturated rings. The van der Waals surface area contributed by atoms with Crippen LogP contribution in [-0.2, 0) is 0 Å². The Morgan fingerprint density at radius 3 is 2.71 bits per heavy atom. The van der Waals surface area contributed by atoms with E-state index in [1.165, 1.54) is 0 Å². The molecule has 0 aromatic heterocycles. The minimum atomic E-state index is -0.246. The van der Waals surface area contributed by atoms with Crippen LogP contribution in [0.1, 0.15) is 26.3 Å². The number of phenols is 1. The lowest BCUT2D eigenvalue weighted by Crippen LogP contribution is -2.31. The average molecular weight is 190 g/mol. The number of fused-ring (bicyclic) bond motifs is 1. The maximum absolute atomic E-state index is 9.32. The highest BCUT2D eigenvalue weighted by molar-refractivity contribution is 5.65. The first kappa shape index (κ1) is 9.13. The van der Waals surface area contributed by atoms with Crippen LogP contribution in [0.4, 0.5) is 0 Å². The summed E-state index contributed by atoms with van der Waals surface area (Å²) in [6.45, 7) is 6.11. The van der Waals surface area contributed by atoms with Gasteiger partial charge in [-0.25, -0.2) is 0 Å². The lowest BCUT2D eigenvalue weighted by Gasteiger charge is -2.32. The van der Waals surface area contributed by atoms with Crippen LogP contribution in [0.15, 0.2) is 23.8 Å². The standard InChI is InChI=1S/C12H14O2/c1-8-6-9-7-10(13)4-5-11(9)14-12(8,2)3/h4-7,13H,1-3H3. The zero-order chi connectivity index (χ0) is 10.3. The Morgan fingerprint density at radius 2 is 2.00 bits per heavy atom. The number of ether oxygens (including phenoxy) is 1. The van der Waals surface area contributed by atoms with Gasteiger partial charge in [0.05, 0.1) is 0 Å². The smallest absolute Gasteiger partial charge is 0.128 e. The van der Waals surface area contributed by atoms with Crippen LogP contribution in [0.25, 0.3) is 6.08 Å². The number of hydrogen-bond donors (Lipinski definition) is 1. The summed E-state index contributed by atoms with van der Waals surface area (Å²) >= 11 is 0. The van der Waals surface area contributed by atoms with Gasteiger partial charge in [-0.2, -0.15) is 0 Å². The third-order valence-corrected chi connectivity index (χ3v) is 2.68. The topological polar surface area (TPSA) is 29.5 Å². The van der Waals surface area contributed by atoms with Gasteiger partial charge < -0.3 is 9.84 Å². The molecule has 1 heterocycles. The second kappa shape index (κ2) is 2.77. The first-order chi connectivity index (χ1) is 6.49. The van der Waals surface area contributed by atoms with Crippen LogP contribution in [0, 0.1) is 0 Å². The summed E-state index contributed by atoms with van der Waals surface area (Å²) in [5.41, 5.74) is 1.86. The molecule has 1 aliphatic heterocycles. The van der Waals surface area contributed by atoms with Gasteiger partial charge in [0.25, 0.3) is 0 Å². The minimum Gasteiger partial charge on any atom is -0.508 e. The first-order valence-electron chi connectivity index (χ1n) is 4.70. The summed E-state index contributed by atoms with van der Waals surface area (Å²) in [7, 11) is 0. The van der Waals surface area contributed by atoms with Gasteiger partial charge >= 0.3 is 0 Å². The molecule has 0 atom stereocenters. The van der Waals surface area contributed by atoms with Gasteiger partial charge in [-0.05, 0) is 50.6 Å². The fraction of sp³-hybridized carbons (Fsp3) is 0.333. The van der Waals surface area contributed by atoms with Crippen molar-refractivity contribution < 1.29 is 9.84 Å². The van der Waals surface area contributed by atoms with Gasteiger partial charge in [0.2, 0.25) is 0 Å². The van der Waals surface area contributed by atoms with Gasteiger partial charge in [-0.15, -0.1) is 0 Å². The van der Waals surface area contributed by atoms with E-state index >= 15 is 0 Å². The van der Waals surface area contributed by atoms with E-state index in [2.05, 4.69) is 6.08 Å². The predicted molar refractivity (Wildman–Crippen MR) is 56.5 cm³/mol. The van der Waals surface area contributed by atoms with Crippen molar-refractivity contribution >= 4 is 6.08 Å². The zero-order valence-corrected chi connectivity index (χ0v) is 8.66. The number of aromatic hydroxyl groups is 1. The molecule has 1 aromatic carbocycles. The van der Waals surface area contributed by atoms with Crippen LogP contribution in [-0.4, -0.2) is 10.7 Å². The van der Waals surface area contributed by atoms with E-state index in [1.807, 2.05) is 20.8 Å². The molecule has 0 saturated heterocycles. The average Bonchev–Trinajstić information content (AvgIpc) is 2.08. The van der Waals surface area contributed by atoms with E-state index < -0.39 is 0 Å². The van der Waals surface area contributed by atoms with Gasteiger partial charge in [0.15, 0.2) is 0 Å². The Labute approximate surface area is 83.8 Å². The lowest BCUT2D eigenvalue weighted by atomic mass is 9.94. The highest BCUT2D eigenvalue weighted by Gasteiger charge is 2.27. The van der Waals surface area contributed by atoms with E-state index in [0.29, 0.717) is 0 Å². The van der Waals surface area contributed by atoms with Crippen molar-refractivity contribution in [3.8, 4) is 11.5 Å². The summed E-state index contributed by atoms with van der Waals surface area (Å²) in [4.78, 5) is 0. The molecule has 2 heteroatoms. The number of rotatable bonds is 0. The summed E-state index contributed by atoms with van der Waals surface area (Å²) in [6.07, 6.45) is 2.05. The molecule has 0 bridgehead atoms. The van der Waals surface area contributed by atoms with Gasteiger partial charge in [-0.3, -0.25) is 0 Å². The van der Waals surface area contributed by atoms with Crippen LogP contribution in [0.5, 0.6) is 11.5 Å². The Balaban J connectivity index is 2.54. The second-order valence-electron chi connectivity index (χ2n) is 4.16. The van der Waals surface area contributed by atoms with Crippen LogP contribution in [0.2, 0.25) is 0 Å². The van der Waals surface area contributed by atoms with Crippen molar-refractivity contribution in [3.63, 3.8) is 0 Å². The van der Waals surface area contributed by atoms with Crippen LogP contribution >= 0.6 is 0 Å². The van der Waals surface area contributed by atoms with E-state index in [4.69, 9.17) is 4.74 Å². The molecule has 0 radical (unpaired) electrons. The molecule has 0 unspecified atom stereocenters. The quantitative estimate of drug-likeness (QED) is 0.681. The molecule has 0 spiro atoms. The molecule has 1 aromatic rings. The largest absolute Gasteiger partial charge is 0.508 e. The Kier molecular flexibility index (Phi) is 1.81. The van der Waals surface area contributed by atoms with Crippen molar-refractivity contribution in [2.45, 2.75) is 26.4 Å². The molecule has 14 heavy (non-hydrogen) atoms. The lowest BCUT2D eigenvalue weighted by molar-refractivity contribution is 0.145. The summed E-state index contributed by atoms with van der Waals surface area (Å²) in [5.74, 6) is 1.11. The predicted octanol–water partition coefficient (Wildman–Crippen LogP) is 2.97. The van der Waals surface area contributed by atoms with Crippen molar-refractivity contribution in [3.05, 3.63) is 29.3 Å². The molecule has 0 saturated carbocycles. The first-order valence-corrected chi connectivity index (χ1v) is 4.70. The van der Waals surface area contributed by atoms with E-state index in [9.17, 15) is 5.11 Å².